The van der Waals surface area contributed by atoms with Crippen molar-refractivity contribution in [3.63, 3.8) is 0 Å². The van der Waals surface area contributed by atoms with Crippen molar-refractivity contribution in [3.8, 4) is 5.95 Å². The summed E-state index contributed by atoms with van der Waals surface area (Å²) in [6.07, 6.45) is 5.92. The third-order valence-electron chi connectivity index (χ3n) is 4.86. The highest BCUT2D eigenvalue weighted by Gasteiger charge is 2.28. The number of aliphatic hydroxyl groups excluding tert-OH is 1. The number of aryl methyl sites for hydroxylation is 1. The molecule has 0 fully saturated rings. The number of nitrogens with zero attached hydrogens (tertiary/aromatic N) is 4. The topological polar surface area (TPSA) is 102 Å². The van der Waals surface area contributed by atoms with Crippen LogP contribution in [-0.2, 0) is 11.3 Å². The van der Waals surface area contributed by atoms with Gasteiger partial charge in [0, 0.05) is 48.5 Å². The Morgan fingerprint density at radius 1 is 1.39 bits per heavy atom. The van der Waals surface area contributed by atoms with Gasteiger partial charge in [-0.05, 0) is 31.5 Å². The monoisotopic (exact) mass is 379 g/mol. The number of cyclic esters (lactones) is 1. The Kier molecular flexibility index (Phi) is 4.89. The van der Waals surface area contributed by atoms with E-state index in [9.17, 15) is 9.90 Å². The Morgan fingerprint density at radius 3 is 3.00 bits per heavy atom. The van der Waals surface area contributed by atoms with Crippen molar-refractivity contribution < 1.29 is 14.6 Å². The first-order valence-electron chi connectivity index (χ1n) is 9.07. The van der Waals surface area contributed by atoms with Crippen LogP contribution in [0.1, 0.15) is 51.9 Å². The number of carbonyl (C=O) groups is 1. The molecule has 2 unspecified atom stereocenters. The van der Waals surface area contributed by atoms with Gasteiger partial charge in [0.15, 0.2) is 0 Å². The van der Waals surface area contributed by atoms with Gasteiger partial charge in [0.25, 0.3) is 0 Å². The van der Waals surface area contributed by atoms with Crippen LogP contribution in [0, 0.1) is 6.92 Å². The number of esters is 1. The first-order chi connectivity index (χ1) is 13.5. The molecule has 28 heavy (non-hydrogen) atoms. The molecule has 0 radical (unpaired) electrons. The van der Waals surface area contributed by atoms with E-state index in [2.05, 4.69) is 20.3 Å². The first kappa shape index (κ1) is 18.3. The number of aromatic nitrogens is 4. The predicted octanol–water partition coefficient (Wildman–Crippen LogP) is 2.03. The molecule has 4 rings (SSSR count). The second-order valence-electron chi connectivity index (χ2n) is 6.79. The van der Waals surface area contributed by atoms with Crippen molar-refractivity contribution in [1.82, 2.24) is 24.8 Å². The fourth-order valence-corrected chi connectivity index (χ4v) is 3.21. The standard InChI is InChI=1S/C20H21N5O3/c1-12-15(9-23-20(24-12)25-6-5-21-11-25)8-22-10-18(26)14-3-4-16-17(7-14)13(2)28-19(16)27/h3-7,9,11,13,18,22,26H,8,10H2,1-2H3. The fraction of sp³-hybridized carbons (Fsp3) is 0.300. The van der Waals surface area contributed by atoms with Gasteiger partial charge in [-0.1, -0.05) is 6.07 Å². The number of aliphatic hydroxyl groups is 1. The maximum atomic E-state index is 11.7. The van der Waals surface area contributed by atoms with Gasteiger partial charge in [0.2, 0.25) is 5.95 Å². The van der Waals surface area contributed by atoms with Crippen LogP contribution in [0.5, 0.6) is 0 Å². The van der Waals surface area contributed by atoms with Crippen LogP contribution in [0.15, 0.2) is 43.1 Å². The van der Waals surface area contributed by atoms with Crippen LogP contribution in [0.4, 0.5) is 0 Å². The number of fused-ring (bicyclic) bond motifs is 1. The van der Waals surface area contributed by atoms with E-state index in [1.807, 2.05) is 19.9 Å². The summed E-state index contributed by atoms with van der Waals surface area (Å²) in [7, 11) is 0. The molecule has 144 valence electrons. The summed E-state index contributed by atoms with van der Waals surface area (Å²) in [5.74, 6) is 0.263. The Morgan fingerprint density at radius 2 is 2.25 bits per heavy atom. The van der Waals surface area contributed by atoms with E-state index < -0.39 is 6.10 Å². The zero-order chi connectivity index (χ0) is 19.7. The summed E-state index contributed by atoms with van der Waals surface area (Å²) in [5, 5.41) is 13.7. The molecule has 3 heterocycles. The van der Waals surface area contributed by atoms with Gasteiger partial charge in [-0.25, -0.2) is 19.7 Å². The van der Waals surface area contributed by atoms with Gasteiger partial charge in [-0.2, -0.15) is 0 Å². The summed E-state index contributed by atoms with van der Waals surface area (Å²) >= 11 is 0. The molecule has 0 aliphatic carbocycles. The summed E-state index contributed by atoms with van der Waals surface area (Å²) in [6.45, 7) is 4.66. The predicted molar refractivity (Wildman–Crippen MR) is 101 cm³/mol. The first-order valence-corrected chi connectivity index (χ1v) is 9.07. The van der Waals surface area contributed by atoms with Gasteiger partial charge >= 0.3 is 5.97 Å². The smallest absolute Gasteiger partial charge is 0.339 e. The Hall–Kier alpha value is -3.10. The third kappa shape index (κ3) is 3.51. The molecule has 2 aromatic heterocycles. The van der Waals surface area contributed by atoms with Gasteiger partial charge in [0.05, 0.1) is 11.7 Å². The van der Waals surface area contributed by atoms with E-state index in [0.717, 1.165) is 22.4 Å². The quantitative estimate of drug-likeness (QED) is 0.632. The minimum atomic E-state index is -0.695. The number of hydrogen-bond donors (Lipinski definition) is 2. The highest BCUT2D eigenvalue weighted by atomic mass is 16.5. The second kappa shape index (κ2) is 7.49. The van der Waals surface area contributed by atoms with Crippen LogP contribution in [-0.4, -0.2) is 37.1 Å². The number of imidazole rings is 1. The highest BCUT2D eigenvalue weighted by molar-refractivity contribution is 5.94. The summed E-state index contributed by atoms with van der Waals surface area (Å²) in [4.78, 5) is 24.5. The SMILES string of the molecule is Cc1nc(-n2ccnc2)ncc1CNCC(O)c1ccc2c(c1)C(C)OC2=O. The van der Waals surface area contributed by atoms with Crippen molar-refractivity contribution in [2.24, 2.45) is 0 Å². The lowest BCUT2D eigenvalue weighted by Crippen LogP contribution is -2.22. The number of rotatable bonds is 6. The summed E-state index contributed by atoms with van der Waals surface area (Å²) < 4.78 is 6.95. The zero-order valence-corrected chi connectivity index (χ0v) is 15.7. The molecule has 8 heteroatoms. The summed E-state index contributed by atoms with van der Waals surface area (Å²) in [5.41, 5.74) is 3.96. The molecule has 2 N–H and O–H groups in total. The minimum Gasteiger partial charge on any atom is -0.454 e. The van der Waals surface area contributed by atoms with Crippen molar-refractivity contribution in [2.45, 2.75) is 32.6 Å². The van der Waals surface area contributed by atoms with Crippen LogP contribution < -0.4 is 5.32 Å². The van der Waals surface area contributed by atoms with Crippen molar-refractivity contribution >= 4 is 5.97 Å². The van der Waals surface area contributed by atoms with Crippen LogP contribution in [0.3, 0.4) is 0 Å². The van der Waals surface area contributed by atoms with Crippen LogP contribution in [0.2, 0.25) is 0 Å². The van der Waals surface area contributed by atoms with Crippen LogP contribution in [0.25, 0.3) is 5.95 Å². The molecule has 8 nitrogen and oxygen atoms in total. The Labute approximate surface area is 162 Å². The van der Waals surface area contributed by atoms with E-state index in [4.69, 9.17) is 4.74 Å². The van der Waals surface area contributed by atoms with E-state index in [1.165, 1.54) is 0 Å². The average molecular weight is 379 g/mol. The van der Waals surface area contributed by atoms with Gasteiger partial charge in [-0.15, -0.1) is 0 Å². The average Bonchev–Trinajstić information content (AvgIpc) is 3.31. The van der Waals surface area contributed by atoms with Crippen molar-refractivity contribution in [2.75, 3.05) is 6.54 Å². The summed E-state index contributed by atoms with van der Waals surface area (Å²) in [6, 6.07) is 5.32. The lowest BCUT2D eigenvalue weighted by Gasteiger charge is -2.14. The molecular weight excluding hydrogens is 358 g/mol. The van der Waals surface area contributed by atoms with Gasteiger partial charge in [0.1, 0.15) is 12.4 Å². The van der Waals surface area contributed by atoms with E-state index in [1.54, 1.807) is 41.6 Å². The van der Waals surface area contributed by atoms with Crippen LogP contribution >= 0.6 is 0 Å². The molecule has 1 aliphatic heterocycles. The molecule has 0 saturated carbocycles. The van der Waals surface area contributed by atoms with Crippen molar-refractivity contribution in [1.29, 1.82) is 0 Å². The van der Waals surface area contributed by atoms with E-state index in [-0.39, 0.29) is 12.1 Å². The molecule has 0 saturated heterocycles. The van der Waals surface area contributed by atoms with Gasteiger partial charge in [-0.3, -0.25) is 4.57 Å². The number of carbonyl (C=O) groups excluding carboxylic acids is 1. The second-order valence-corrected chi connectivity index (χ2v) is 6.79. The molecule has 1 aromatic carbocycles. The normalized spacial score (nSPS) is 16.7. The molecule has 0 amide bonds. The Bertz CT molecular complexity index is 1000. The molecule has 3 aromatic rings. The third-order valence-corrected chi connectivity index (χ3v) is 4.86. The molecule has 0 bridgehead atoms. The molecule has 1 aliphatic rings. The largest absolute Gasteiger partial charge is 0.454 e. The van der Waals surface area contributed by atoms with E-state index in [0.29, 0.717) is 24.6 Å². The lowest BCUT2D eigenvalue weighted by molar-refractivity contribution is 0.0421. The number of nitrogens with one attached hydrogen (secondary N) is 1. The van der Waals surface area contributed by atoms with Gasteiger partial charge < -0.3 is 15.2 Å². The minimum absolute atomic E-state index is 0.281. The fourth-order valence-electron chi connectivity index (χ4n) is 3.21. The zero-order valence-electron chi connectivity index (χ0n) is 15.7. The number of ether oxygens (including phenoxy) is 1. The maximum absolute atomic E-state index is 11.7. The maximum Gasteiger partial charge on any atom is 0.339 e. The lowest BCUT2D eigenvalue weighted by atomic mass is 9.99. The molecule has 2 atom stereocenters. The Balaban J connectivity index is 1.38. The molecule has 0 spiro atoms. The molecular formula is C20H21N5O3. The number of benzene rings is 1. The van der Waals surface area contributed by atoms with E-state index >= 15 is 0 Å². The number of hydrogen-bond acceptors (Lipinski definition) is 7. The van der Waals surface area contributed by atoms with Crippen molar-refractivity contribution in [3.05, 3.63) is 71.1 Å². The highest BCUT2D eigenvalue weighted by Crippen LogP contribution is 2.32.